The van der Waals surface area contributed by atoms with Crippen LogP contribution in [-0.2, 0) is 11.3 Å². The fourth-order valence-electron chi connectivity index (χ4n) is 3.87. The number of nitrogens with zero attached hydrogens (tertiary/aromatic N) is 1. The SMILES string of the molecule is Cc1cccc(CN2C(=O)C(=Cc3ccc(C(=O)NCCC(C)C)cc3)Sc3ccccc32)c1. The van der Waals surface area contributed by atoms with Crippen molar-refractivity contribution in [1.29, 1.82) is 0 Å². The molecule has 0 spiro atoms. The lowest BCUT2D eigenvalue weighted by Gasteiger charge is -2.30. The summed E-state index contributed by atoms with van der Waals surface area (Å²) in [7, 11) is 0. The van der Waals surface area contributed by atoms with Gasteiger partial charge in [-0.25, -0.2) is 0 Å². The number of hydrogen-bond donors (Lipinski definition) is 1. The topological polar surface area (TPSA) is 49.4 Å². The lowest BCUT2D eigenvalue weighted by atomic mass is 10.1. The molecule has 1 N–H and O–H groups in total. The van der Waals surface area contributed by atoms with Crippen molar-refractivity contribution in [3.05, 3.63) is 100.0 Å². The van der Waals surface area contributed by atoms with E-state index in [4.69, 9.17) is 0 Å². The number of benzene rings is 3. The van der Waals surface area contributed by atoms with Crippen molar-refractivity contribution in [3.8, 4) is 0 Å². The maximum atomic E-state index is 13.5. The number of nitrogens with one attached hydrogen (secondary N) is 1. The zero-order valence-corrected chi connectivity index (χ0v) is 20.7. The number of para-hydroxylation sites is 1. The number of thioether (sulfide) groups is 1. The predicted octanol–water partition coefficient (Wildman–Crippen LogP) is 6.45. The van der Waals surface area contributed by atoms with E-state index in [1.165, 1.54) is 17.3 Å². The number of hydrogen-bond acceptors (Lipinski definition) is 3. The highest BCUT2D eigenvalue weighted by atomic mass is 32.2. The maximum Gasteiger partial charge on any atom is 0.265 e. The largest absolute Gasteiger partial charge is 0.352 e. The molecule has 3 aromatic carbocycles. The minimum absolute atomic E-state index is 0.0132. The molecule has 1 heterocycles. The molecule has 0 radical (unpaired) electrons. The summed E-state index contributed by atoms with van der Waals surface area (Å²) in [5.41, 5.74) is 4.73. The molecule has 0 saturated carbocycles. The summed E-state index contributed by atoms with van der Waals surface area (Å²) >= 11 is 1.49. The first-order chi connectivity index (χ1) is 16.4. The Morgan fingerprint density at radius 2 is 1.79 bits per heavy atom. The Kier molecular flexibility index (Phi) is 7.53. The zero-order chi connectivity index (χ0) is 24.1. The van der Waals surface area contributed by atoms with Crippen molar-refractivity contribution in [1.82, 2.24) is 5.32 Å². The van der Waals surface area contributed by atoms with Crippen LogP contribution in [0.5, 0.6) is 0 Å². The lowest BCUT2D eigenvalue weighted by molar-refractivity contribution is -0.114. The molecule has 0 bridgehead atoms. The molecule has 3 aromatic rings. The Morgan fingerprint density at radius 1 is 1.03 bits per heavy atom. The molecule has 5 heteroatoms. The molecule has 174 valence electrons. The summed E-state index contributed by atoms with van der Waals surface area (Å²) in [6, 6.07) is 23.7. The van der Waals surface area contributed by atoms with Crippen molar-refractivity contribution in [3.63, 3.8) is 0 Å². The second-order valence-corrected chi connectivity index (χ2v) is 10.1. The van der Waals surface area contributed by atoms with E-state index in [0.717, 1.165) is 28.1 Å². The highest BCUT2D eigenvalue weighted by Crippen LogP contribution is 2.42. The standard InChI is InChI=1S/C29H30N2O2S/c1-20(2)15-16-30-28(32)24-13-11-22(12-14-24)18-27-29(33)31(19-23-8-6-7-21(3)17-23)25-9-4-5-10-26(25)34-27/h4-14,17-18,20H,15-16,19H2,1-3H3,(H,30,32). The van der Waals surface area contributed by atoms with Crippen molar-refractivity contribution in [2.24, 2.45) is 5.92 Å². The zero-order valence-electron chi connectivity index (χ0n) is 19.9. The fraction of sp³-hybridized carbons (Fsp3) is 0.241. The van der Waals surface area contributed by atoms with Gasteiger partial charge in [0.2, 0.25) is 0 Å². The van der Waals surface area contributed by atoms with E-state index in [2.05, 4.69) is 44.3 Å². The van der Waals surface area contributed by atoms with Gasteiger partial charge in [0.1, 0.15) is 0 Å². The van der Waals surface area contributed by atoms with Crippen LogP contribution in [0.25, 0.3) is 6.08 Å². The van der Waals surface area contributed by atoms with Gasteiger partial charge in [0.25, 0.3) is 11.8 Å². The molecule has 0 saturated heterocycles. The second kappa shape index (κ2) is 10.7. The first-order valence-corrected chi connectivity index (χ1v) is 12.5. The normalized spacial score (nSPS) is 14.4. The molecule has 2 amide bonds. The Bertz CT molecular complexity index is 1210. The predicted molar refractivity (Wildman–Crippen MR) is 141 cm³/mol. The molecular formula is C29H30N2O2S. The monoisotopic (exact) mass is 470 g/mol. The Balaban J connectivity index is 1.55. The van der Waals surface area contributed by atoms with E-state index in [1.54, 1.807) is 0 Å². The van der Waals surface area contributed by atoms with Crippen LogP contribution >= 0.6 is 11.8 Å². The minimum Gasteiger partial charge on any atom is -0.352 e. The summed E-state index contributed by atoms with van der Waals surface area (Å²) in [4.78, 5) is 29.4. The fourth-order valence-corrected chi connectivity index (χ4v) is 4.93. The van der Waals surface area contributed by atoms with E-state index in [0.29, 0.717) is 29.5 Å². The Hall–Kier alpha value is -3.31. The molecule has 0 aliphatic carbocycles. The van der Waals surface area contributed by atoms with E-state index in [-0.39, 0.29) is 11.8 Å². The van der Waals surface area contributed by atoms with Crippen LogP contribution < -0.4 is 10.2 Å². The van der Waals surface area contributed by atoms with Gasteiger partial charge in [0, 0.05) is 17.0 Å². The van der Waals surface area contributed by atoms with Gasteiger partial charge in [0.15, 0.2) is 0 Å². The van der Waals surface area contributed by atoms with Crippen molar-refractivity contribution >= 4 is 35.3 Å². The number of aryl methyl sites for hydroxylation is 1. The van der Waals surface area contributed by atoms with Gasteiger partial charge in [-0.2, -0.15) is 0 Å². The molecule has 4 nitrogen and oxygen atoms in total. The summed E-state index contributed by atoms with van der Waals surface area (Å²) < 4.78 is 0. The smallest absolute Gasteiger partial charge is 0.265 e. The number of rotatable bonds is 7. The number of fused-ring (bicyclic) bond motifs is 1. The van der Waals surface area contributed by atoms with Crippen LogP contribution in [-0.4, -0.2) is 18.4 Å². The number of carbonyl (C=O) groups is 2. The molecule has 0 unspecified atom stereocenters. The van der Waals surface area contributed by atoms with Gasteiger partial charge >= 0.3 is 0 Å². The molecule has 0 atom stereocenters. The average Bonchev–Trinajstić information content (AvgIpc) is 2.82. The first kappa shape index (κ1) is 23.8. The van der Waals surface area contributed by atoms with Crippen LogP contribution in [0.4, 0.5) is 5.69 Å². The number of amides is 2. The van der Waals surface area contributed by atoms with Crippen LogP contribution in [0, 0.1) is 12.8 Å². The summed E-state index contributed by atoms with van der Waals surface area (Å²) in [6.45, 7) is 7.53. The van der Waals surface area contributed by atoms with Crippen molar-refractivity contribution in [2.75, 3.05) is 11.4 Å². The Labute approximate surface area is 206 Å². The quantitative estimate of drug-likeness (QED) is 0.404. The van der Waals surface area contributed by atoms with E-state index < -0.39 is 0 Å². The summed E-state index contributed by atoms with van der Waals surface area (Å²) in [5, 5.41) is 2.96. The second-order valence-electron chi connectivity index (χ2n) is 9.02. The molecule has 0 fully saturated rings. The van der Waals surface area contributed by atoms with Crippen molar-refractivity contribution < 1.29 is 9.59 Å². The van der Waals surface area contributed by atoms with E-state index in [9.17, 15) is 9.59 Å². The number of anilines is 1. The van der Waals surface area contributed by atoms with Gasteiger partial charge in [-0.3, -0.25) is 9.59 Å². The maximum absolute atomic E-state index is 13.5. The summed E-state index contributed by atoms with van der Waals surface area (Å²) in [6.07, 6.45) is 2.86. The van der Waals surface area contributed by atoms with Gasteiger partial charge in [-0.05, 0) is 60.7 Å². The molecule has 1 aliphatic heterocycles. The third kappa shape index (κ3) is 5.78. The molecule has 1 aliphatic rings. The van der Waals surface area contributed by atoms with Gasteiger partial charge < -0.3 is 10.2 Å². The van der Waals surface area contributed by atoms with Gasteiger partial charge in [-0.15, -0.1) is 0 Å². The summed E-state index contributed by atoms with van der Waals surface area (Å²) in [5.74, 6) is 0.470. The molecular weight excluding hydrogens is 440 g/mol. The van der Waals surface area contributed by atoms with Crippen molar-refractivity contribution in [2.45, 2.75) is 38.6 Å². The van der Waals surface area contributed by atoms with Crippen LogP contribution in [0.15, 0.2) is 82.6 Å². The van der Waals surface area contributed by atoms with E-state index in [1.807, 2.05) is 65.6 Å². The first-order valence-electron chi connectivity index (χ1n) is 11.6. The highest BCUT2D eigenvalue weighted by Gasteiger charge is 2.29. The Morgan fingerprint density at radius 3 is 2.53 bits per heavy atom. The third-order valence-electron chi connectivity index (χ3n) is 5.73. The van der Waals surface area contributed by atoms with Crippen LogP contribution in [0.1, 0.15) is 47.3 Å². The molecule has 34 heavy (non-hydrogen) atoms. The lowest BCUT2D eigenvalue weighted by Crippen LogP contribution is -2.33. The highest BCUT2D eigenvalue weighted by molar-refractivity contribution is 8.04. The minimum atomic E-state index is -0.0683. The van der Waals surface area contributed by atoms with Crippen LogP contribution in [0.3, 0.4) is 0 Å². The van der Waals surface area contributed by atoms with E-state index >= 15 is 0 Å². The van der Waals surface area contributed by atoms with Gasteiger partial charge in [-0.1, -0.05) is 79.7 Å². The number of carbonyl (C=O) groups excluding carboxylic acids is 2. The average molecular weight is 471 g/mol. The molecule has 4 rings (SSSR count). The molecule has 0 aromatic heterocycles. The van der Waals surface area contributed by atoms with Gasteiger partial charge in [0.05, 0.1) is 17.1 Å². The van der Waals surface area contributed by atoms with Crippen LogP contribution in [0.2, 0.25) is 0 Å². The third-order valence-corrected chi connectivity index (χ3v) is 6.81.